The van der Waals surface area contributed by atoms with Crippen molar-refractivity contribution in [1.29, 1.82) is 0 Å². The summed E-state index contributed by atoms with van der Waals surface area (Å²) in [6.07, 6.45) is 0. The molecule has 3 aromatic rings. The maximum Gasteiger partial charge on any atom is 0.280 e. The van der Waals surface area contributed by atoms with Gasteiger partial charge in [0.1, 0.15) is 0 Å². The zero-order chi connectivity index (χ0) is 18.2. The van der Waals surface area contributed by atoms with Crippen molar-refractivity contribution >= 4 is 42.8 Å². The highest BCUT2D eigenvalue weighted by Crippen LogP contribution is 2.31. The normalized spacial score (nSPS) is 11.5. The van der Waals surface area contributed by atoms with E-state index in [-0.39, 0.29) is 9.90 Å². The number of fused-ring (bicyclic) bond motifs is 1. The molecule has 0 radical (unpaired) electrons. The third-order valence-corrected chi connectivity index (χ3v) is 6.52. The molecule has 2 aromatic carbocycles. The highest BCUT2D eigenvalue weighted by atomic mass is 32.2. The number of thiazole rings is 1. The van der Waals surface area contributed by atoms with Crippen LogP contribution in [0.3, 0.4) is 0 Å². The molecule has 0 unspecified atom stereocenters. The smallest absolute Gasteiger partial charge is 0.258 e. The molecule has 25 heavy (non-hydrogen) atoms. The molecule has 0 aliphatic heterocycles. The van der Waals surface area contributed by atoms with Crippen molar-refractivity contribution in [3.05, 3.63) is 68.3 Å². The van der Waals surface area contributed by atoms with Gasteiger partial charge in [-0.05, 0) is 18.2 Å². The van der Waals surface area contributed by atoms with Crippen LogP contribution in [0.5, 0.6) is 0 Å². The van der Waals surface area contributed by atoms with E-state index in [1.54, 1.807) is 24.3 Å². The first-order chi connectivity index (χ1) is 11.8. The van der Waals surface area contributed by atoms with E-state index >= 15 is 0 Å². The van der Waals surface area contributed by atoms with E-state index in [1.165, 1.54) is 0 Å². The van der Waals surface area contributed by atoms with Crippen molar-refractivity contribution in [1.82, 2.24) is 4.98 Å². The summed E-state index contributed by atoms with van der Waals surface area (Å²) in [5.74, 6) is -0.666. The molecule has 0 saturated carbocycles. The molecule has 1 heterocycles. The van der Waals surface area contributed by atoms with E-state index in [0.29, 0.717) is 10.2 Å². The molecule has 0 N–H and O–H groups in total. The Morgan fingerprint density at radius 3 is 2.40 bits per heavy atom. The fraction of sp³-hybridized carbons (Fsp3) is 0.0714. The molecule has 0 amide bonds. The van der Waals surface area contributed by atoms with Gasteiger partial charge < -0.3 is 0 Å². The number of hydrogen-bond acceptors (Lipinski definition) is 8. The third-order valence-electron chi connectivity index (χ3n) is 3.36. The highest BCUT2D eigenvalue weighted by molar-refractivity contribution is 7.92. The Hall–Kier alpha value is -2.92. The van der Waals surface area contributed by atoms with E-state index in [9.17, 15) is 28.6 Å². The minimum absolute atomic E-state index is 0.130. The molecule has 3 rings (SSSR count). The van der Waals surface area contributed by atoms with Crippen molar-refractivity contribution in [2.45, 2.75) is 10.1 Å². The molecule has 0 spiro atoms. The number of hydrogen-bond donors (Lipinski definition) is 0. The van der Waals surface area contributed by atoms with E-state index in [2.05, 4.69) is 4.98 Å². The van der Waals surface area contributed by atoms with Crippen LogP contribution in [0, 0.1) is 20.2 Å². The lowest BCUT2D eigenvalue weighted by atomic mass is 10.2. The van der Waals surface area contributed by atoms with Crippen molar-refractivity contribution < 1.29 is 18.3 Å². The lowest BCUT2D eigenvalue weighted by Gasteiger charge is -2.03. The Morgan fingerprint density at radius 1 is 1.04 bits per heavy atom. The van der Waals surface area contributed by atoms with Gasteiger partial charge in [-0.1, -0.05) is 12.1 Å². The summed E-state index contributed by atoms with van der Waals surface area (Å²) in [5.41, 5.74) is -0.703. The zero-order valence-corrected chi connectivity index (χ0v) is 14.0. The van der Waals surface area contributed by atoms with Crippen LogP contribution in [-0.2, 0) is 15.6 Å². The van der Waals surface area contributed by atoms with Crippen molar-refractivity contribution in [2.24, 2.45) is 0 Å². The van der Waals surface area contributed by atoms with Crippen LogP contribution in [0.15, 0.2) is 46.8 Å². The molecule has 0 atom stereocenters. The van der Waals surface area contributed by atoms with E-state index in [1.807, 2.05) is 0 Å². The summed E-state index contributed by atoms with van der Waals surface area (Å²) < 4.78 is 25.6. The van der Waals surface area contributed by atoms with Gasteiger partial charge in [0.25, 0.3) is 11.4 Å². The zero-order valence-electron chi connectivity index (χ0n) is 12.4. The summed E-state index contributed by atoms with van der Waals surface area (Å²) in [6.45, 7) is 0. The lowest BCUT2D eigenvalue weighted by molar-refractivity contribution is -0.394. The van der Waals surface area contributed by atoms with Gasteiger partial charge in [-0.2, -0.15) is 0 Å². The van der Waals surface area contributed by atoms with Crippen LogP contribution >= 0.6 is 11.3 Å². The topological polar surface area (TPSA) is 133 Å². The second-order valence-electron chi connectivity index (χ2n) is 5.03. The minimum Gasteiger partial charge on any atom is -0.258 e. The molecule has 9 nitrogen and oxygen atoms in total. The predicted octanol–water partition coefficient (Wildman–Crippen LogP) is 3.09. The molecule has 0 saturated heterocycles. The highest BCUT2D eigenvalue weighted by Gasteiger charge is 2.27. The quantitative estimate of drug-likeness (QED) is 0.491. The number of para-hydroxylation sites is 1. The van der Waals surface area contributed by atoms with Crippen LogP contribution < -0.4 is 0 Å². The fourth-order valence-corrected chi connectivity index (χ4v) is 4.87. The second kappa shape index (κ2) is 6.18. The van der Waals surface area contributed by atoms with Gasteiger partial charge in [0.2, 0.25) is 14.2 Å². The Labute approximate surface area is 144 Å². The SMILES string of the molecule is O=[N+]([O-])c1ccc(CS(=O)(=O)c2nc3ccccc3s2)c([N+](=O)[O-])c1. The summed E-state index contributed by atoms with van der Waals surface area (Å²) in [4.78, 5) is 24.3. The largest absolute Gasteiger partial charge is 0.280 e. The minimum atomic E-state index is -3.93. The lowest BCUT2D eigenvalue weighted by Crippen LogP contribution is -2.07. The van der Waals surface area contributed by atoms with Crippen molar-refractivity contribution in [3.63, 3.8) is 0 Å². The number of aromatic nitrogens is 1. The number of nitro benzene ring substituents is 2. The summed E-state index contributed by atoms with van der Waals surface area (Å²) in [6, 6.07) is 9.73. The molecule has 0 fully saturated rings. The van der Waals surface area contributed by atoms with Crippen molar-refractivity contribution in [2.75, 3.05) is 0 Å². The average Bonchev–Trinajstić information content (AvgIpc) is 2.99. The first kappa shape index (κ1) is 16.9. The van der Waals surface area contributed by atoms with E-state index < -0.39 is 36.8 Å². The van der Waals surface area contributed by atoms with Crippen LogP contribution in [0.25, 0.3) is 10.2 Å². The number of nitro groups is 2. The maximum absolute atomic E-state index is 12.6. The molecule has 0 bridgehead atoms. The maximum atomic E-state index is 12.6. The third kappa shape index (κ3) is 3.32. The molecule has 1 aromatic heterocycles. The summed E-state index contributed by atoms with van der Waals surface area (Å²) in [5, 5.41) is 21.9. The molecule has 128 valence electrons. The molecule has 0 aliphatic rings. The Bertz CT molecular complexity index is 1070. The van der Waals surface area contributed by atoms with Crippen molar-refractivity contribution in [3.8, 4) is 0 Å². The first-order valence-corrected chi connectivity index (χ1v) is 9.25. The average molecular weight is 379 g/mol. The van der Waals surface area contributed by atoms with Crippen LogP contribution in [-0.4, -0.2) is 23.2 Å². The van der Waals surface area contributed by atoms with Gasteiger partial charge in [-0.25, -0.2) is 13.4 Å². The predicted molar refractivity (Wildman–Crippen MR) is 90.3 cm³/mol. The van der Waals surface area contributed by atoms with Gasteiger partial charge in [-0.3, -0.25) is 20.2 Å². The summed E-state index contributed by atoms with van der Waals surface area (Å²) >= 11 is 0.969. The van der Waals surface area contributed by atoms with Gasteiger partial charge in [-0.15, -0.1) is 11.3 Å². The molecule has 0 aliphatic carbocycles. The van der Waals surface area contributed by atoms with Gasteiger partial charge in [0.05, 0.1) is 31.9 Å². The molecule has 11 heteroatoms. The number of rotatable bonds is 5. The Kier molecular flexibility index (Phi) is 4.18. The standard InChI is InChI=1S/C14H9N3O6S2/c18-16(19)10-6-5-9(12(7-10)17(20)21)8-25(22,23)14-15-11-3-1-2-4-13(11)24-14/h1-7H,8H2. The number of sulfone groups is 1. The number of non-ortho nitro benzene ring substituents is 1. The van der Waals surface area contributed by atoms with Gasteiger partial charge in [0, 0.05) is 11.6 Å². The van der Waals surface area contributed by atoms with Gasteiger partial charge in [0.15, 0.2) is 0 Å². The Balaban J connectivity index is 2.03. The van der Waals surface area contributed by atoms with Crippen LogP contribution in [0.1, 0.15) is 5.56 Å². The second-order valence-corrected chi connectivity index (χ2v) is 8.23. The molecular weight excluding hydrogens is 370 g/mol. The van der Waals surface area contributed by atoms with Gasteiger partial charge >= 0.3 is 0 Å². The van der Waals surface area contributed by atoms with E-state index in [0.717, 1.165) is 29.5 Å². The first-order valence-electron chi connectivity index (χ1n) is 6.78. The Morgan fingerprint density at radius 2 is 1.76 bits per heavy atom. The fourth-order valence-electron chi connectivity index (χ4n) is 2.21. The molecular formula is C14H9N3O6S2. The van der Waals surface area contributed by atoms with E-state index in [4.69, 9.17) is 0 Å². The van der Waals surface area contributed by atoms with Crippen LogP contribution in [0.2, 0.25) is 0 Å². The number of nitrogens with zero attached hydrogens (tertiary/aromatic N) is 3. The number of benzene rings is 2. The summed E-state index contributed by atoms with van der Waals surface area (Å²) in [7, 11) is -3.93. The monoisotopic (exact) mass is 379 g/mol. The van der Waals surface area contributed by atoms with Crippen LogP contribution in [0.4, 0.5) is 11.4 Å².